The zero-order valence-electron chi connectivity index (χ0n) is 5.74. The van der Waals surface area contributed by atoms with Crippen molar-refractivity contribution in [2.75, 3.05) is 0 Å². The summed E-state index contributed by atoms with van der Waals surface area (Å²) >= 11 is 0. The van der Waals surface area contributed by atoms with Crippen LogP contribution in [0.15, 0.2) is 0 Å². The van der Waals surface area contributed by atoms with Crippen molar-refractivity contribution in [1.82, 2.24) is 4.90 Å². The largest absolute Gasteiger partial charge is 0.460 e. The van der Waals surface area contributed by atoms with Gasteiger partial charge in [0, 0.05) is 0 Å². The van der Waals surface area contributed by atoms with E-state index < -0.39 is 23.2 Å². The minimum Gasteiger partial charge on any atom is -0.277 e. The lowest BCUT2D eigenvalue weighted by Gasteiger charge is -2.09. The first-order chi connectivity index (χ1) is 6.08. The highest BCUT2D eigenvalue weighted by Gasteiger charge is 2.34. The van der Waals surface area contributed by atoms with E-state index in [1.165, 1.54) is 0 Å². The summed E-state index contributed by atoms with van der Waals surface area (Å²) in [7, 11) is 0. The molecule has 0 rings (SSSR count). The van der Waals surface area contributed by atoms with E-state index in [4.69, 9.17) is 15.8 Å². The number of rotatable bonds is 0. The highest BCUT2D eigenvalue weighted by atomic mass is 17.1. The van der Waals surface area contributed by atoms with Gasteiger partial charge >= 0.3 is 18.3 Å². The van der Waals surface area contributed by atoms with Crippen molar-refractivity contribution in [2.45, 2.75) is 0 Å². The molecule has 0 aromatic heterocycles. The molecule has 0 aliphatic carbocycles. The Kier molecular flexibility index (Phi) is 4.15. The number of carbonyl (C=O) groups excluding carboxylic acids is 3. The van der Waals surface area contributed by atoms with Gasteiger partial charge in [-0.3, -0.25) is 14.7 Å². The maximum Gasteiger partial charge on any atom is 0.460 e. The van der Waals surface area contributed by atoms with Crippen LogP contribution >= 0.6 is 0 Å². The van der Waals surface area contributed by atoms with Gasteiger partial charge < -0.3 is 0 Å². The standard InChI is InChI=1S/C3H3NO9/c5-1(11-8)4(2(6)12-9)3(7)13-10/h8-10H. The lowest BCUT2D eigenvalue weighted by molar-refractivity contribution is -0.216. The van der Waals surface area contributed by atoms with Gasteiger partial charge in [0.05, 0.1) is 0 Å². The molecule has 0 spiro atoms. The monoisotopic (exact) mass is 197 g/mol. The van der Waals surface area contributed by atoms with Crippen LogP contribution in [0.5, 0.6) is 0 Å². The number of hydrogen-bond acceptors (Lipinski definition) is 9. The van der Waals surface area contributed by atoms with Gasteiger partial charge in [0.15, 0.2) is 0 Å². The Morgan fingerprint density at radius 1 is 0.769 bits per heavy atom. The average Bonchev–Trinajstić information content (AvgIpc) is 2.16. The molecule has 13 heavy (non-hydrogen) atoms. The van der Waals surface area contributed by atoms with Crippen LogP contribution in [0.1, 0.15) is 0 Å². The predicted molar refractivity (Wildman–Crippen MR) is 29.2 cm³/mol. The van der Waals surface area contributed by atoms with Crippen LogP contribution in [-0.4, -0.2) is 39.0 Å². The fourth-order valence-electron chi connectivity index (χ4n) is 0.346. The molecule has 0 bridgehead atoms. The van der Waals surface area contributed by atoms with Gasteiger partial charge in [-0.05, 0) is 0 Å². The van der Waals surface area contributed by atoms with E-state index in [-0.39, 0.29) is 0 Å². The maximum absolute atomic E-state index is 10.3. The van der Waals surface area contributed by atoms with Crippen LogP contribution in [-0.2, 0) is 14.7 Å². The molecule has 0 aromatic rings. The molecule has 10 nitrogen and oxygen atoms in total. The second-order valence-electron chi connectivity index (χ2n) is 1.41. The number of amides is 3. The fourth-order valence-corrected chi connectivity index (χ4v) is 0.346. The SMILES string of the molecule is O=C(OO)N(C(=O)OO)C(=O)OO. The molecule has 0 radical (unpaired) electrons. The summed E-state index contributed by atoms with van der Waals surface area (Å²) in [6.07, 6.45) is -5.80. The summed E-state index contributed by atoms with van der Waals surface area (Å²) in [5, 5.41) is 23.2. The second kappa shape index (κ2) is 4.87. The maximum atomic E-state index is 10.3. The average molecular weight is 197 g/mol. The van der Waals surface area contributed by atoms with Crippen molar-refractivity contribution < 1.29 is 44.8 Å². The Hall–Kier alpha value is -1.91. The highest BCUT2D eigenvalue weighted by Crippen LogP contribution is 1.99. The molecule has 0 heterocycles. The molecule has 3 N–H and O–H groups in total. The van der Waals surface area contributed by atoms with Gasteiger partial charge in [0.1, 0.15) is 0 Å². The van der Waals surface area contributed by atoms with Crippen molar-refractivity contribution in [3.05, 3.63) is 0 Å². The lowest BCUT2D eigenvalue weighted by atomic mass is 10.8. The van der Waals surface area contributed by atoms with E-state index in [1.807, 2.05) is 0 Å². The van der Waals surface area contributed by atoms with E-state index in [0.717, 1.165) is 0 Å². The Balaban J connectivity index is 4.64. The van der Waals surface area contributed by atoms with Gasteiger partial charge in [-0.1, -0.05) is 0 Å². The normalized spacial score (nSPS) is 8.54. The van der Waals surface area contributed by atoms with Gasteiger partial charge in [0.25, 0.3) is 0 Å². The number of nitrogens with zero attached hydrogens (tertiary/aromatic N) is 1. The first-order valence-corrected chi connectivity index (χ1v) is 2.44. The van der Waals surface area contributed by atoms with Crippen LogP contribution in [0, 0.1) is 0 Å². The van der Waals surface area contributed by atoms with Crippen molar-refractivity contribution in [2.24, 2.45) is 0 Å². The molecule has 0 unspecified atom stereocenters. The van der Waals surface area contributed by atoms with Gasteiger partial charge in [-0.2, -0.15) is 15.8 Å². The quantitative estimate of drug-likeness (QED) is 0.280. The Bertz CT molecular complexity index is 185. The Morgan fingerprint density at radius 3 is 1.15 bits per heavy atom. The molecule has 0 saturated heterocycles. The smallest absolute Gasteiger partial charge is 0.277 e. The molecule has 0 atom stereocenters. The Labute approximate surface area is 69.2 Å². The number of carbonyl (C=O) groups is 3. The third kappa shape index (κ3) is 2.55. The van der Waals surface area contributed by atoms with Gasteiger partial charge in [-0.25, -0.2) is 14.4 Å². The topological polar surface area (TPSA) is 143 Å². The summed E-state index contributed by atoms with van der Waals surface area (Å²) in [6, 6.07) is 0. The highest BCUT2D eigenvalue weighted by molar-refractivity contribution is 6.03. The first-order valence-electron chi connectivity index (χ1n) is 2.44. The third-order valence-electron chi connectivity index (χ3n) is 0.782. The summed E-state index contributed by atoms with van der Waals surface area (Å²) in [5.41, 5.74) is 0. The van der Waals surface area contributed by atoms with E-state index in [0.29, 0.717) is 0 Å². The molecule has 74 valence electrons. The lowest BCUT2D eigenvalue weighted by Crippen LogP contribution is -2.41. The second-order valence-corrected chi connectivity index (χ2v) is 1.41. The van der Waals surface area contributed by atoms with Crippen molar-refractivity contribution in [3.8, 4) is 0 Å². The molecular formula is C3H3NO9. The zero-order chi connectivity index (χ0) is 10.4. The predicted octanol–water partition coefficient (Wildman–Crippen LogP) is 0.117. The molecule has 0 saturated carbocycles. The third-order valence-corrected chi connectivity index (χ3v) is 0.782. The van der Waals surface area contributed by atoms with Crippen LogP contribution in [0.3, 0.4) is 0 Å². The van der Waals surface area contributed by atoms with E-state index in [2.05, 4.69) is 14.7 Å². The minimum absolute atomic E-state index is 0.667. The van der Waals surface area contributed by atoms with E-state index in [9.17, 15) is 14.4 Å². The fraction of sp³-hybridized carbons (Fsp3) is 0. The summed E-state index contributed by atoms with van der Waals surface area (Å²) in [4.78, 5) is 39.1. The van der Waals surface area contributed by atoms with E-state index >= 15 is 0 Å². The van der Waals surface area contributed by atoms with Crippen LogP contribution in [0.25, 0.3) is 0 Å². The summed E-state index contributed by atoms with van der Waals surface area (Å²) in [6.45, 7) is 0. The van der Waals surface area contributed by atoms with Gasteiger partial charge in [0.2, 0.25) is 0 Å². The van der Waals surface area contributed by atoms with Crippen molar-refractivity contribution in [3.63, 3.8) is 0 Å². The molecule has 3 amide bonds. The van der Waals surface area contributed by atoms with Gasteiger partial charge in [-0.15, -0.1) is 4.90 Å². The van der Waals surface area contributed by atoms with Crippen molar-refractivity contribution >= 4 is 18.3 Å². The number of hydrogen-bond donors (Lipinski definition) is 3. The number of imide groups is 3. The molecule has 0 fully saturated rings. The zero-order valence-corrected chi connectivity index (χ0v) is 5.74. The molecule has 0 aromatic carbocycles. The first kappa shape index (κ1) is 11.1. The van der Waals surface area contributed by atoms with Crippen molar-refractivity contribution in [1.29, 1.82) is 0 Å². The van der Waals surface area contributed by atoms with Crippen LogP contribution < -0.4 is 0 Å². The molecular weight excluding hydrogens is 194 g/mol. The van der Waals surface area contributed by atoms with Crippen LogP contribution in [0.2, 0.25) is 0 Å². The van der Waals surface area contributed by atoms with Crippen LogP contribution in [0.4, 0.5) is 14.4 Å². The molecule has 10 heteroatoms. The minimum atomic E-state index is -1.93. The molecule has 0 aliphatic rings. The van der Waals surface area contributed by atoms with E-state index in [1.54, 1.807) is 0 Å². The summed E-state index contributed by atoms with van der Waals surface area (Å²) < 4.78 is 0. The summed E-state index contributed by atoms with van der Waals surface area (Å²) in [5.74, 6) is 0. The Morgan fingerprint density at radius 2 is 1.00 bits per heavy atom. The molecule has 0 aliphatic heterocycles.